The number of carbonyl (C=O) groups is 1. The van der Waals surface area contributed by atoms with Crippen LogP contribution in [0.15, 0.2) is 30.3 Å². The molecule has 1 aromatic carbocycles. The molecule has 0 unspecified atom stereocenters. The summed E-state index contributed by atoms with van der Waals surface area (Å²) in [6.45, 7) is 12.5. The molecule has 1 amide bonds. The van der Waals surface area contributed by atoms with Crippen molar-refractivity contribution in [2.45, 2.75) is 81.4 Å². The third-order valence-electron chi connectivity index (χ3n) is 6.28. The van der Waals surface area contributed by atoms with Gasteiger partial charge < -0.3 is 14.1 Å². The number of hydrogen-bond donors (Lipinski definition) is 0. The van der Waals surface area contributed by atoms with Crippen LogP contribution in [-0.2, 0) is 20.6 Å². The molecule has 0 N–H and O–H groups in total. The van der Waals surface area contributed by atoms with Crippen molar-refractivity contribution >= 4 is 30.2 Å². The van der Waals surface area contributed by atoms with Gasteiger partial charge in [0, 0.05) is 17.4 Å². The van der Waals surface area contributed by atoms with E-state index in [0.717, 1.165) is 18.4 Å². The Labute approximate surface area is 172 Å². The lowest BCUT2D eigenvalue weighted by Crippen LogP contribution is -2.53. The molecule has 1 aromatic rings. The lowest BCUT2D eigenvalue weighted by atomic mass is 9.99. The molecule has 0 radical (unpaired) electrons. The molecular formula is C21H32BrNO3Si. The van der Waals surface area contributed by atoms with Gasteiger partial charge in [-0.15, -0.1) is 0 Å². The zero-order valence-corrected chi connectivity index (χ0v) is 19.7. The van der Waals surface area contributed by atoms with Crippen molar-refractivity contribution in [3.05, 3.63) is 35.9 Å². The minimum atomic E-state index is -1.84. The van der Waals surface area contributed by atoms with Crippen molar-refractivity contribution in [1.82, 2.24) is 4.90 Å². The van der Waals surface area contributed by atoms with Gasteiger partial charge in [0.25, 0.3) is 5.91 Å². The molecule has 3 rings (SSSR count). The number of nitrogens with zero attached hydrogens (tertiary/aromatic N) is 1. The van der Waals surface area contributed by atoms with E-state index in [9.17, 15) is 4.79 Å². The molecule has 27 heavy (non-hydrogen) atoms. The summed E-state index contributed by atoms with van der Waals surface area (Å²) in [6, 6.07) is 10.2. The molecule has 2 fully saturated rings. The van der Waals surface area contributed by atoms with E-state index in [2.05, 4.69) is 49.8 Å². The van der Waals surface area contributed by atoms with Crippen LogP contribution in [0.1, 0.15) is 39.2 Å². The summed E-state index contributed by atoms with van der Waals surface area (Å²) < 4.78 is 12.6. The molecule has 2 aliphatic heterocycles. The fourth-order valence-corrected chi connectivity index (χ4v) is 5.86. The van der Waals surface area contributed by atoms with Crippen LogP contribution in [0.25, 0.3) is 0 Å². The van der Waals surface area contributed by atoms with E-state index in [4.69, 9.17) is 9.16 Å². The van der Waals surface area contributed by atoms with Crippen molar-refractivity contribution in [2.75, 3.05) is 6.54 Å². The number of amides is 1. The van der Waals surface area contributed by atoms with Crippen LogP contribution < -0.4 is 0 Å². The summed E-state index contributed by atoms with van der Waals surface area (Å²) in [5, 5.41) is 0.176. The van der Waals surface area contributed by atoms with Crippen LogP contribution in [-0.4, -0.2) is 48.7 Å². The molecule has 0 saturated carbocycles. The molecule has 4 nitrogen and oxygen atoms in total. The second-order valence-corrected chi connectivity index (χ2v) is 15.3. The summed E-state index contributed by atoms with van der Waals surface area (Å²) in [6.07, 6.45) is 1.39. The number of halogens is 1. The summed E-state index contributed by atoms with van der Waals surface area (Å²) in [5.41, 5.74) is 1.10. The van der Waals surface area contributed by atoms with E-state index in [1.165, 1.54) is 0 Å². The predicted molar refractivity (Wildman–Crippen MR) is 115 cm³/mol. The Balaban J connectivity index is 1.63. The van der Waals surface area contributed by atoms with Crippen molar-refractivity contribution in [2.24, 2.45) is 0 Å². The third-order valence-corrected chi connectivity index (χ3v) is 11.8. The zero-order chi connectivity index (χ0) is 19.8. The Morgan fingerprint density at radius 1 is 1.19 bits per heavy atom. The van der Waals surface area contributed by atoms with Crippen LogP contribution in [0, 0.1) is 0 Å². The van der Waals surface area contributed by atoms with Crippen LogP contribution in [0.2, 0.25) is 18.1 Å². The summed E-state index contributed by atoms with van der Waals surface area (Å²) in [5.74, 6) is 0.118. The fraction of sp³-hybridized carbons (Fsp3) is 0.667. The number of hydrogen-bond acceptors (Lipinski definition) is 3. The maximum absolute atomic E-state index is 13.0. The normalized spacial score (nSPS) is 29.1. The Bertz CT molecular complexity index is 661. The van der Waals surface area contributed by atoms with E-state index in [0.29, 0.717) is 13.2 Å². The molecule has 4 atom stereocenters. The lowest BCUT2D eigenvalue weighted by molar-refractivity contribution is -0.150. The minimum Gasteiger partial charge on any atom is -0.412 e. The molecule has 0 aliphatic carbocycles. The van der Waals surface area contributed by atoms with Crippen LogP contribution in [0.3, 0.4) is 0 Å². The minimum absolute atomic E-state index is 0.118. The van der Waals surface area contributed by atoms with Gasteiger partial charge >= 0.3 is 0 Å². The number of ether oxygens (including phenoxy) is 1. The smallest absolute Gasteiger partial charge is 0.252 e. The maximum atomic E-state index is 13.0. The second-order valence-electron chi connectivity index (χ2n) is 9.33. The average molecular weight is 454 g/mol. The first-order valence-corrected chi connectivity index (χ1v) is 13.7. The van der Waals surface area contributed by atoms with Crippen molar-refractivity contribution in [3.8, 4) is 0 Å². The Kier molecular flexibility index (Phi) is 6.21. The van der Waals surface area contributed by atoms with E-state index in [-0.39, 0.29) is 34.0 Å². The Hall–Kier alpha value is -0.693. The molecule has 6 heteroatoms. The highest BCUT2D eigenvalue weighted by Gasteiger charge is 2.49. The van der Waals surface area contributed by atoms with E-state index >= 15 is 0 Å². The highest BCUT2D eigenvalue weighted by molar-refractivity contribution is 9.09. The van der Waals surface area contributed by atoms with Crippen LogP contribution in [0.5, 0.6) is 0 Å². The van der Waals surface area contributed by atoms with E-state index in [1.807, 2.05) is 35.2 Å². The molecule has 2 saturated heterocycles. The Morgan fingerprint density at radius 3 is 2.48 bits per heavy atom. The third kappa shape index (κ3) is 4.66. The van der Waals surface area contributed by atoms with Gasteiger partial charge in [0.15, 0.2) is 8.32 Å². The van der Waals surface area contributed by atoms with Gasteiger partial charge in [-0.3, -0.25) is 4.79 Å². The number of fused-ring (bicyclic) bond motifs is 1. The Morgan fingerprint density at radius 2 is 1.85 bits per heavy atom. The summed E-state index contributed by atoms with van der Waals surface area (Å²) in [4.78, 5) is 15.3. The number of piperidine rings is 1. The fourth-order valence-electron chi connectivity index (χ4n) is 3.66. The molecule has 0 spiro atoms. The van der Waals surface area contributed by atoms with Crippen LogP contribution in [0.4, 0.5) is 0 Å². The monoisotopic (exact) mass is 453 g/mol. The van der Waals surface area contributed by atoms with E-state index in [1.54, 1.807) is 0 Å². The van der Waals surface area contributed by atoms with Gasteiger partial charge in [-0.1, -0.05) is 67.0 Å². The number of rotatable bonds is 5. The first-order valence-electron chi connectivity index (χ1n) is 9.86. The van der Waals surface area contributed by atoms with Gasteiger partial charge in [-0.25, -0.2) is 0 Å². The van der Waals surface area contributed by atoms with Gasteiger partial charge in [-0.2, -0.15) is 0 Å². The predicted octanol–water partition coefficient (Wildman–Crippen LogP) is 4.73. The molecular weight excluding hydrogens is 422 g/mol. The zero-order valence-electron chi connectivity index (χ0n) is 17.1. The number of benzene rings is 1. The largest absolute Gasteiger partial charge is 0.412 e. The first kappa shape index (κ1) is 21.0. The lowest BCUT2D eigenvalue weighted by Gasteiger charge is -2.38. The van der Waals surface area contributed by atoms with Crippen molar-refractivity contribution in [1.29, 1.82) is 0 Å². The second kappa shape index (κ2) is 7.97. The average Bonchev–Trinajstić information content (AvgIpc) is 3.01. The summed E-state index contributed by atoms with van der Waals surface area (Å²) in [7, 11) is -1.84. The molecule has 2 heterocycles. The van der Waals surface area contributed by atoms with Gasteiger partial charge in [0.2, 0.25) is 0 Å². The molecule has 2 aliphatic rings. The number of carbonyl (C=O) groups excluding carboxylic acids is 1. The van der Waals surface area contributed by atoms with Crippen molar-refractivity contribution < 1.29 is 14.0 Å². The van der Waals surface area contributed by atoms with E-state index < -0.39 is 8.32 Å². The van der Waals surface area contributed by atoms with Crippen molar-refractivity contribution in [3.63, 3.8) is 0 Å². The quantitative estimate of drug-likeness (QED) is 0.477. The molecule has 0 bridgehead atoms. The standard InChI is InChI=1S/C21H32BrNO3Si/c1-21(2,3)27(4,5)26-16-11-18-17(22)12-19(20(24)23(18)13-16)25-14-15-9-7-6-8-10-15/h6-10,16-19H,11-14H2,1-5H3/t16-,17-,18+,19-/m1/s1. The maximum Gasteiger partial charge on any atom is 0.252 e. The molecule has 0 aromatic heterocycles. The SMILES string of the molecule is CC(C)(C)[Si](C)(C)O[C@@H]1C[C@H]2[C@H](Br)C[C@@H](OCc3ccccc3)C(=O)N2C1. The van der Waals surface area contributed by atoms with Gasteiger partial charge in [-0.05, 0) is 36.5 Å². The summed E-state index contributed by atoms with van der Waals surface area (Å²) >= 11 is 3.82. The van der Waals surface area contributed by atoms with Gasteiger partial charge in [0.1, 0.15) is 6.10 Å². The van der Waals surface area contributed by atoms with Gasteiger partial charge in [0.05, 0.1) is 12.7 Å². The highest BCUT2D eigenvalue weighted by Crippen LogP contribution is 2.41. The van der Waals surface area contributed by atoms with Crippen LogP contribution >= 0.6 is 15.9 Å². The topological polar surface area (TPSA) is 38.8 Å². The molecule has 150 valence electrons. The first-order chi connectivity index (χ1) is 12.6. The number of alkyl halides is 1. The highest BCUT2D eigenvalue weighted by atomic mass is 79.9.